The Morgan fingerprint density at radius 3 is 2.46 bits per heavy atom. The molecule has 0 fully saturated rings. The molecular formula is C21H32O5. The highest BCUT2D eigenvalue weighted by molar-refractivity contribution is 5.87. The molecule has 0 saturated carbocycles. The number of aliphatic hydroxyl groups excluding tert-OH is 2. The molecule has 1 aromatic carbocycles. The number of aliphatic hydroxyl groups is 2. The molecule has 0 aromatic heterocycles. The molecule has 2 N–H and O–H groups in total. The van der Waals surface area contributed by atoms with E-state index in [1.807, 2.05) is 24.3 Å². The lowest BCUT2D eigenvalue weighted by Crippen LogP contribution is -2.25. The molecular weight excluding hydrogens is 332 g/mol. The van der Waals surface area contributed by atoms with Gasteiger partial charge in [-0.3, -0.25) is 0 Å². The van der Waals surface area contributed by atoms with E-state index in [0.717, 1.165) is 30.6 Å². The average molecular weight is 364 g/mol. The summed E-state index contributed by atoms with van der Waals surface area (Å²) in [5, 5.41) is 18.7. The van der Waals surface area contributed by atoms with E-state index in [1.165, 1.54) is 18.9 Å². The van der Waals surface area contributed by atoms with Crippen LogP contribution in [0.2, 0.25) is 0 Å². The van der Waals surface area contributed by atoms with E-state index in [0.29, 0.717) is 6.42 Å². The first-order chi connectivity index (χ1) is 12.6. The maximum atomic E-state index is 12.1. The van der Waals surface area contributed by atoms with Gasteiger partial charge < -0.3 is 19.7 Å². The molecule has 0 radical (unpaired) electrons. The van der Waals surface area contributed by atoms with E-state index < -0.39 is 12.1 Å². The van der Waals surface area contributed by atoms with Gasteiger partial charge in [-0.2, -0.15) is 0 Å². The first-order valence-electron chi connectivity index (χ1n) is 9.40. The zero-order valence-corrected chi connectivity index (χ0v) is 15.9. The predicted molar refractivity (Wildman–Crippen MR) is 103 cm³/mol. The molecule has 5 heteroatoms. The number of esters is 1. The van der Waals surface area contributed by atoms with Crippen molar-refractivity contribution in [3.63, 3.8) is 0 Å². The third-order valence-electron chi connectivity index (χ3n) is 4.19. The molecule has 0 amide bonds. The SMILES string of the molecule is CCCCCCCC(CC(O)CO)OC(=O)C=Cc1ccc(OC)cc1. The van der Waals surface area contributed by atoms with Crippen LogP contribution in [-0.2, 0) is 9.53 Å². The van der Waals surface area contributed by atoms with Crippen LogP contribution >= 0.6 is 0 Å². The van der Waals surface area contributed by atoms with E-state index in [-0.39, 0.29) is 19.1 Å². The van der Waals surface area contributed by atoms with Crippen molar-refractivity contribution in [3.8, 4) is 5.75 Å². The van der Waals surface area contributed by atoms with Crippen LogP contribution in [0.1, 0.15) is 57.4 Å². The fourth-order valence-corrected chi connectivity index (χ4v) is 2.66. The minimum absolute atomic E-state index is 0.256. The first kappa shape index (κ1) is 22.2. The molecule has 0 heterocycles. The molecule has 1 rings (SSSR count). The third kappa shape index (κ3) is 9.59. The third-order valence-corrected chi connectivity index (χ3v) is 4.19. The van der Waals surface area contributed by atoms with Crippen molar-refractivity contribution in [2.45, 2.75) is 64.1 Å². The monoisotopic (exact) mass is 364 g/mol. The van der Waals surface area contributed by atoms with Gasteiger partial charge in [-0.15, -0.1) is 0 Å². The molecule has 0 aliphatic carbocycles. The van der Waals surface area contributed by atoms with Gasteiger partial charge in [0.2, 0.25) is 0 Å². The molecule has 0 aliphatic rings. The maximum absolute atomic E-state index is 12.1. The molecule has 5 nitrogen and oxygen atoms in total. The van der Waals surface area contributed by atoms with Gasteiger partial charge in [-0.05, 0) is 36.6 Å². The molecule has 0 saturated heterocycles. The summed E-state index contributed by atoms with van der Waals surface area (Å²) in [5.41, 5.74) is 0.870. The number of ether oxygens (including phenoxy) is 2. The highest BCUT2D eigenvalue weighted by Crippen LogP contribution is 2.15. The summed E-state index contributed by atoms with van der Waals surface area (Å²) in [6.07, 6.45) is 8.34. The van der Waals surface area contributed by atoms with Gasteiger partial charge in [-0.1, -0.05) is 44.7 Å². The summed E-state index contributed by atoms with van der Waals surface area (Å²) in [7, 11) is 1.60. The highest BCUT2D eigenvalue weighted by atomic mass is 16.5. The van der Waals surface area contributed by atoms with E-state index in [1.54, 1.807) is 13.2 Å². The Labute approximate surface area is 156 Å². The summed E-state index contributed by atoms with van der Waals surface area (Å²) >= 11 is 0. The highest BCUT2D eigenvalue weighted by Gasteiger charge is 2.17. The molecule has 0 spiro atoms. The van der Waals surface area contributed by atoms with Gasteiger partial charge >= 0.3 is 5.97 Å². The van der Waals surface area contributed by atoms with Crippen LogP contribution in [0, 0.1) is 0 Å². The fraction of sp³-hybridized carbons (Fsp3) is 0.571. The van der Waals surface area contributed by atoms with E-state index in [4.69, 9.17) is 14.6 Å². The maximum Gasteiger partial charge on any atom is 0.331 e. The second kappa shape index (κ2) is 13.4. The normalized spacial score (nSPS) is 13.5. The number of rotatable bonds is 13. The zero-order chi connectivity index (χ0) is 19.2. The Kier molecular flexibility index (Phi) is 11.4. The molecule has 2 atom stereocenters. The largest absolute Gasteiger partial charge is 0.497 e. The Morgan fingerprint density at radius 1 is 1.15 bits per heavy atom. The van der Waals surface area contributed by atoms with Crippen molar-refractivity contribution < 1.29 is 24.5 Å². The molecule has 0 aliphatic heterocycles. The second-order valence-corrected chi connectivity index (χ2v) is 6.44. The van der Waals surface area contributed by atoms with Crippen LogP contribution in [0.4, 0.5) is 0 Å². The van der Waals surface area contributed by atoms with Gasteiger partial charge in [0.05, 0.1) is 19.8 Å². The van der Waals surface area contributed by atoms with E-state index in [9.17, 15) is 9.90 Å². The van der Waals surface area contributed by atoms with Gasteiger partial charge in [0.1, 0.15) is 11.9 Å². The predicted octanol–water partition coefficient (Wildman–Crippen LogP) is 3.72. The fourth-order valence-electron chi connectivity index (χ4n) is 2.66. The molecule has 146 valence electrons. The van der Waals surface area contributed by atoms with Crippen LogP contribution in [0.5, 0.6) is 5.75 Å². The number of carbonyl (C=O) groups excluding carboxylic acids is 1. The quantitative estimate of drug-likeness (QED) is 0.317. The van der Waals surface area contributed by atoms with Crippen LogP contribution in [0.3, 0.4) is 0 Å². The van der Waals surface area contributed by atoms with Crippen LogP contribution < -0.4 is 4.74 Å². The van der Waals surface area contributed by atoms with Gasteiger partial charge in [0.15, 0.2) is 0 Å². The Balaban J connectivity index is 2.51. The van der Waals surface area contributed by atoms with Gasteiger partial charge in [0.25, 0.3) is 0 Å². The minimum atomic E-state index is -0.867. The van der Waals surface area contributed by atoms with E-state index >= 15 is 0 Å². The topological polar surface area (TPSA) is 76.0 Å². The van der Waals surface area contributed by atoms with Crippen molar-refractivity contribution in [2.24, 2.45) is 0 Å². The Morgan fingerprint density at radius 2 is 1.85 bits per heavy atom. The molecule has 0 bridgehead atoms. The molecule has 1 aromatic rings. The van der Waals surface area contributed by atoms with Crippen LogP contribution in [0.15, 0.2) is 30.3 Å². The minimum Gasteiger partial charge on any atom is -0.497 e. The Hall–Kier alpha value is -1.85. The summed E-state index contributed by atoms with van der Waals surface area (Å²) < 4.78 is 10.6. The van der Waals surface area contributed by atoms with Gasteiger partial charge in [-0.25, -0.2) is 4.79 Å². The van der Waals surface area contributed by atoms with Gasteiger partial charge in [0, 0.05) is 12.5 Å². The summed E-state index contributed by atoms with van der Waals surface area (Å²) in [6.45, 7) is 1.84. The first-order valence-corrected chi connectivity index (χ1v) is 9.40. The van der Waals surface area contributed by atoms with E-state index in [2.05, 4.69) is 6.92 Å². The summed E-state index contributed by atoms with van der Waals surface area (Å²) in [4.78, 5) is 12.1. The smallest absolute Gasteiger partial charge is 0.331 e. The number of unbranched alkanes of at least 4 members (excludes halogenated alkanes) is 4. The molecule has 2 unspecified atom stereocenters. The van der Waals surface area contributed by atoms with Crippen molar-refractivity contribution in [2.75, 3.05) is 13.7 Å². The number of benzene rings is 1. The number of methoxy groups -OCH3 is 1. The number of hydrogen-bond acceptors (Lipinski definition) is 5. The number of carbonyl (C=O) groups is 1. The standard InChI is InChI=1S/C21H32O5/c1-3-4-5-6-7-8-20(15-18(23)16-22)26-21(24)14-11-17-9-12-19(25-2)13-10-17/h9-14,18,20,22-23H,3-8,15-16H2,1-2H3. The molecule has 26 heavy (non-hydrogen) atoms. The lowest BCUT2D eigenvalue weighted by atomic mass is 10.0. The number of hydrogen-bond donors (Lipinski definition) is 2. The van der Waals surface area contributed by atoms with Crippen molar-refractivity contribution in [1.82, 2.24) is 0 Å². The van der Waals surface area contributed by atoms with Crippen molar-refractivity contribution in [1.29, 1.82) is 0 Å². The lowest BCUT2D eigenvalue weighted by Gasteiger charge is -2.19. The lowest BCUT2D eigenvalue weighted by molar-refractivity contribution is -0.145. The second-order valence-electron chi connectivity index (χ2n) is 6.44. The van der Waals surface area contributed by atoms with Crippen LogP contribution in [-0.4, -0.2) is 42.1 Å². The average Bonchev–Trinajstić information content (AvgIpc) is 2.66. The van der Waals surface area contributed by atoms with Crippen LogP contribution in [0.25, 0.3) is 6.08 Å². The summed E-state index contributed by atoms with van der Waals surface area (Å²) in [5.74, 6) is 0.315. The summed E-state index contributed by atoms with van der Waals surface area (Å²) in [6, 6.07) is 7.34. The van der Waals surface area contributed by atoms with Crippen molar-refractivity contribution >= 4 is 12.0 Å². The van der Waals surface area contributed by atoms with Crippen molar-refractivity contribution in [3.05, 3.63) is 35.9 Å². The zero-order valence-electron chi connectivity index (χ0n) is 15.9. The Bertz CT molecular complexity index is 524.